The predicted molar refractivity (Wildman–Crippen MR) is 91.1 cm³/mol. The fraction of sp³-hybridized carbons (Fsp3) is 0.125. The molecule has 2 aromatic rings. The van der Waals surface area contributed by atoms with Crippen molar-refractivity contribution in [3.05, 3.63) is 57.6 Å². The number of nitrogens with one attached hydrogen (secondary N) is 1. The molecule has 0 atom stereocenters. The van der Waals surface area contributed by atoms with Crippen LogP contribution in [0.2, 0.25) is 10.0 Å². The molecule has 0 aliphatic rings. The van der Waals surface area contributed by atoms with E-state index in [0.29, 0.717) is 32.7 Å². The van der Waals surface area contributed by atoms with Crippen LogP contribution >= 0.6 is 23.2 Å². The minimum atomic E-state index is -0.398. The molecule has 5 nitrogen and oxygen atoms in total. The molecule has 7 heteroatoms. The minimum Gasteiger partial charge on any atom is -0.493 e. The Hall–Kier alpha value is -2.24. The Morgan fingerprint density at radius 2 is 1.74 bits per heavy atom. The lowest BCUT2D eigenvalue weighted by Crippen LogP contribution is -2.17. The number of benzene rings is 2. The lowest BCUT2D eigenvalue weighted by Gasteiger charge is -2.08. The molecule has 0 aromatic heterocycles. The van der Waals surface area contributed by atoms with Crippen molar-refractivity contribution in [1.29, 1.82) is 0 Å². The Labute approximate surface area is 143 Å². The highest BCUT2D eigenvalue weighted by Gasteiger charge is 2.10. The van der Waals surface area contributed by atoms with E-state index in [2.05, 4.69) is 10.5 Å². The van der Waals surface area contributed by atoms with Crippen LogP contribution in [0.25, 0.3) is 0 Å². The zero-order valence-corrected chi connectivity index (χ0v) is 14.0. The molecule has 0 saturated carbocycles. The number of ether oxygens (including phenoxy) is 2. The van der Waals surface area contributed by atoms with Crippen LogP contribution in [0, 0.1) is 0 Å². The van der Waals surface area contributed by atoms with Crippen molar-refractivity contribution in [3.63, 3.8) is 0 Å². The molecule has 0 heterocycles. The van der Waals surface area contributed by atoms with Crippen molar-refractivity contribution < 1.29 is 14.3 Å². The fourth-order valence-corrected chi connectivity index (χ4v) is 2.33. The Bertz CT molecular complexity index is 728. The van der Waals surface area contributed by atoms with Crippen LogP contribution in [0.1, 0.15) is 15.9 Å². The molecule has 2 rings (SSSR count). The van der Waals surface area contributed by atoms with Crippen LogP contribution < -0.4 is 14.9 Å². The second kappa shape index (κ2) is 7.85. The molecule has 120 valence electrons. The molecule has 1 N–H and O–H groups in total. The number of carbonyl (C=O) groups excluding carboxylic acids is 1. The molecular weight excluding hydrogens is 339 g/mol. The maximum atomic E-state index is 12.1. The highest BCUT2D eigenvalue weighted by Crippen LogP contribution is 2.27. The maximum absolute atomic E-state index is 12.1. The molecule has 0 radical (unpaired) electrons. The maximum Gasteiger partial charge on any atom is 0.271 e. The third-order valence-corrected chi connectivity index (χ3v) is 3.66. The number of methoxy groups -OCH3 is 2. The molecule has 0 aliphatic carbocycles. The zero-order valence-electron chi connectivity index (χ0n) is 12.5. The van der Waals surface area contributed by atoms with Gasteiger partial charge in [0.25, 0.3) is 5.91 Å². The second-order valence-electron chi connectivity index (χ2n) is 4.40. The summed E-state index contributed by atoms with van der Waals surface area (Å²) >= 11 is 12.0. The van der Waals surface area contributed by atoms with Gasteiger partial charge in [-0.1, -0.05) is 29.3 Å². The first-order valence-corrected chi connectivity index (χ1v) is 7.32. The lowest BCUT2D eigenvalue weighted by atomic mass is 10.2. The Kier molecular flexibility index (Phi) is 5.84. The number of hydrogen-bond acceptors (Lipinski definition) is 4. The first-order chi connectivity index (χ1) is 11.1. The van der Waals surface area contributed by atoms with Gasteiger partial charge < -0.3 is 9.47 Å². The smallest absolute Gasteiger partial charge is 0.271 e. The number of amides is 1. The summed E-state index contributed by atoms with van der Waals surface area (Å²) in [5.41, 5.74) is 3.32. The molecular formula is C16H14Cl2N2O3. The molecule has 0 spiro atoms. The van der Waals surface area contributed by atoms with E-state index in [-0.39, 0.29) is 0 Å². The van der Waals surface area contributed by atoms with Crippen LogP contribution in [-0.4, -0.2) is 26.3 Å². The Morgan fingerprint density at radius 3 is 2.35 bits per heavy atom. The summed E-state index contributed by atoms with van der Waals surface area (Å²) in [5, 5.41) is 4.76. The molecule has 0 bridgehead atoms. The van der Waals surface area contributed by atoms with Crippen molar-refractivity contribution in [2.45, 2.75) is 0 Å². The van der Waals surface area contributed by atoms with Crippen LogP contribution in [-0.2, 0) is 0 Å². The number of carbonyl (C=O) groups is 1. The topological polar surface area (TPSA) is 59.9 Å². The average molecular weight is 353 g/mol. The van der Waals surface area contributed by atoms with E-state index in [4.69, 9.17) is 32.7 Å². The van der Waals surface area contributed by atoms with Crippen molar-refractivity contribution in [3.8, 4) is 11.5 Å². The SMILES string of the molecule is COc1ccc(C(=O)N/N=C\c2c(Cl)cccc2Cl)cc1OC. The largest absolute Gasteiger partial charge is 0.493 e. The van der Waals surface area contributed by atoms with E-state index < -0.39 is 5.91 Å². The standard InChI is InChI=1S/C16H14Cl2N2O3/c1-22-14-7-6-10(8-15(14)23-2)16(21)20-19-9-11-12(17)4-3-5-13(11)18/h3-9H,1-2H3,(H,20,21)/b19-9-. The van der Waals surface area contributed by atoms with E-state index in [1.165, 1.54) is 20.4 Å². The summed E-state index contributed by atoms with van der Waals surface area (Å²) in [5.74, 6) is 0.596. The van der Waals surface area contributed by atoms with E-state index >= 15 is 0 Å². The van der Waals surface area contributed by atoms with Gasteiger partial charge in [0.2, 0.25) is 0 Å². The summed E-state index contributed by atoms with van der Waals surface area (Å²) in [6.07, 6.45) is 1.39. The highest BCUT2D eigenvalue weighted by molar-refractivity contribution is 6.38. The Balaban J connectivity index is 2.12. The van der Waals surface area contributed by atoms with Gasteiger partial charge in [0.15, 0.2) is 11.5 Å². The van der Waals surface area contributed by atoms with E-state index in [1.807, 2.05) is 0 Å². The zero-order chi connectivity index (χ0) is 16.8. The lowest BCUT2D eigenvalue weighted by molar-refractivity contribution is 0.0954. The summed E-state index contributed by atoms with van der Waals surface area (Å²) in [4.78, 5) is 12.1. The minimum absolute atomic E-state index is 0.380. The predicted octanol–water partition coefficient (Wildman–Crippen LogP) is 3.77. The van der Waals surface area contributed by atoms with E-state index in [0.717, 1.165) is 0 Å². The fourth-order valence-electron chi connectivity index (χ4n) is 1.83. The second-order valence-corrected chi connectivity index (χ2v) is 5.22. The van der Waals surface area contributed by atoms with Crippen molar-refractivity contribution in [2.24, 2.45) is 5.10 Å². The van der Waals surface area contributed by atoms with Crippen LogP contribution in [0.4, 0.5) is 0 Å². The van der Waals surface area contributed by atoms with Gasteiger partial charge in [0.05, 0.1) is 30.5 Å². The van der Waals surface area contributed by atoms with Crippen molar-refractivity contribution in [1.82, 2.24) is 5.43 Å². The van der Waals surface area contributed by atoms with Crippen LogP contribution in [0.15, 0.2) is 41.5 Å². The monoisotopic (exact) mass is 352 g/mol. The number of hydrogen-bond donors (Lipinski definition) is 1. The number of halogens is 2. The van der Waals surface area contributed by atoms with Crippen LogP contribution in [0.5, 0.6) is 11.5 Å². The normalized spacial score (nSPS) is 10.6. The van der Waals surface area contributed by atoms with E-state index in [1.54, 1.807) is 36.4 Å². The van der Waals surface area contributed by atoms with Crippen molar-refractivity contribution >= 4 is 35.3 Å². The average Bonchev–Trinajstić information content (AvgIpc) is 2.56. The number of nitrogens with zero attached hydrogens (tertiary/aromatic N) is 1. The molecule has 0 unspecified atom stereocenters. The quantitative estimate of drug-likeness (QED) is 0.658. The van der Waals surface area contributed by atoms with Gasteiger partial charge in [-0.15, -0.1) is 0 Å². The molecule has 1 amide bonds. The molecule has 0 aliphatic heterocycles. The molecule has 0 saturated heterocycles. The van der Waals surface area contributed by atoms with Gasteiger partial charge >= 0.3 is 0 Å². The van der Waals surface area contributed by atoms with Gasteiger partial charge in [-0.05, 0) is 30.3 Å². The van der Waals surface area contributed by atoms with Crippen molar-refractivity contribution in [2.75, 3.05) is 14.2 Å². The third kappa shape index (κ3) is 4.15. The summed E-state index contributed by atoms with van der Waals surface area (Å²) in [6.45, 7) is 0. The highest BCUT2D eigenvalue weighted by atomic mass is 35.5. The van der Waals surface area contributed by atoms with Crippen LogP contribution in [0.3, 0.4) is 0 Å². The summed E-state index contributed by atoms with van der Waals surface area (Å²) < 4.78 is 10.3. The van der Waals surface area contributed by atoms with Gasteiger partial charge in [-0.25, -0.2) is 5.43 Å². The van der Waals surface area contributed by atoms with Gasteiger partial charge in [0.1, 0.15) is 0 Å². The third-order valence-electron chi connectivity index (χ3n) is 3.01. The summed E-state index contributed by atoms with van der Waals surface area (Å²) in [6, 6.07) is 9.91. The first kappa shape index (κ1) is 17.1. The van der Waals surface area contributed by atoms with Gasteiger partial charge in [-0.2, -0.15) is 5.10 Å². The Morgan fingerprint density at radius 1 is 1.09 bits per heavy atom. The van der Waals surface area contributed by atoms with E-state index in [9.17, 15) is 4.79 Å². The number of rotatable bonds is 5. The number of hydrazone groups is 1. The first-order valence-electron chi connectivity index (χ1n) is 6.56. The molecule has 23 heavy (non-hydrogen) atoms. The molecule has 0 fully saturated rings. The van der Waals surface area contributed by atoms with Gasteiger partial charge in [0, 0.05) is 11.1 Å². The van der Waals surface area contributed by atoms with Gasteiger partial charge in [-0.3, -0.25) is 4.79 Å². The summed E-state index contributed by atoms with van der Waals surface area (Å²) in [7, 11) is 3.02. The molecule has 2 aromatic carbocycles.